The predicted octanol–water partition coefficient (Wildman–Crippen LogP) is 2.38. The van der Waals surface area contributed by atoms with Crippen LogP contribution in [0.1, 0.15) is 12.0 Å². The molecule has 1 unspecified atom stereocenters. The average Bonchev–Trinajstić information content (AvgIpc) is 2.04. The summed E-state index contributed by atoms with van der Waals surface area (Å²) in [6, 6.07) is 5.48. The quantitative estimate of drug-likeness (QED) is 0.771. The topological polar surface area (TPSA) is 12.0 Å². The zero-order chi connectivity index (χ0) is 9.26. The van der Waals surface area contributed by atoms with Gasteiger partial charge >= 0.3 is 0 Å². The van der Waals surface area contributed by atoms with E-state index in [0.717, 1.165) is 18.5 Å². The Kier molecular flexibility index (Phi) is 2.51. The summed E-state index contributed by atoms with van der Waals surface area (Å²) in [5, 5.41) is 3.51. The highest BCUT2D eigenvalue weighted by Crippen LogP contribution is 2.18. The van der Waals surface area contributed by atoms with Gasteiger partial charge in [-0.25, -0.2) is 4.39 Å². The Bertz CT molecular complexity index is 310. The SMILES string of the molecule is Fc1ccc(CC2CCN2)cc1Cl. The molecule has 0 aromatic heterocycles. The van der Waals surface area contributed by atoms with Crippen LogP contribution in [-0.4, -0.2) is 12.6 Å². The summed E-state index contributed by atoms with van der Waals surface area (Å²) >= 11 is 5.66. The second kappa shape index (κ2) is 3.64. The van der Waals surface area contributed by atoms with Crippen LogP contribution in [0.15, 0.2) is 18.2 Å². The lowest BCUT2D eigenvalue weighted by Crippen LogP contribution is -2.44. The van der Waals surface area contributed by atoms with Crippen LogP contribution >= 0.6 is 11.6 Å². The van der Waals surface area contributed by atoms with E-state index in [2.05, 4.69) is 5.32 Å². The van der Waals surface area contributed by atoms with Gasteiger partial charge in [-0.2, -0.15) is 0 Å². The highest BCUT2D eigenvalue weighted by Gasteiger charge is 2.16. The first-order valence-electron chi connectivity index (χ1n) is 4.43. The van der Waals surface area contributed by atoms with E-state index in [1.165, 1.54) is 12.5 Å². The first-order chi connectivity index (χ1) is 6.25. The van der Waals surface area contributed by atoms with Gasteiger partial charge in [0.25, 0.3) is 0 Å². The summed E-state index contributed by atoms with van der Waals surface area (Å²) in [6.45, 7) is 1.10. The Morgan fingerprint density at radius 3 is 2.85 bits per heavy atom. The molecule has 2 rings (SSSR count). The minimum atomic E-state index is -0.341. The first kappa shape index (κ1) is 8.97. The molecule has 0 radical (unpaired) electrons. The third-order valence-electron chi connectivity index (χ3n) is 2.39. The van der Waals surface area contributed by atoms with Crippen molar-refractivity contribution in [1.29, 1.82) is 0 Å². The molecule has 0 spiro atoms. The summed E-state index contributed by atoms with van der Waals surface area (Å²) in [5.74, 6) is -0.341. The number of rotatable bonds is 2. The van der Waals surface area contributed by atoms with Crippen molar-refractivity contribution in [3.63, 3.8) is 0 Å². The lowest BCUT2D eigenvalue weighted by atomic mass is 9.98. The van der Waals surface area contributed by atoms with Crippen molar-refractivity contribution in [1.82, 2.24) is 5.32 Å². The molecule has 3 heteroatoms. The van der Waals surface area contributed by atoms with Gasteiger partial charge in [-0.15, -0.1) is 0 Å². The van der Waals surface area contributed by atoms with Gasteiger partial charge < -0.3 is 5.32 Å². The van der Waals surface area contributed by atoms with Crippen LogP contribution in [0.5, 0.6) is 0 Å². The summed E-state index contributed by atoms with van der Waals surface area (Å²) in [4.78, 5) is 0. The van der Waals surface area contributed by atoms with Crippen LogP contribution in [0.2, 0.25) is 5.02 Å². The molecule has 13 heavy (non-hydrogen) atoms. The van der Waals surface area contributed by atoms with E-state index in [1.54, 1.807) is 12.1 Å². The van der Waals surface area contributed by atoms with Crippen molar-refractivity contribution in [2.45, 2.75) is 18.9 Å². The van der Waals surface area contributed by atoms with E-state index in [4.69, 9.17) is 11.6 Å². The second-order valence-electron chi connectivity index (χ2n) is 3.39. The largest absolute Gasteiger partial charge is 0.314 e. The number of hydrogen-bond acceptors (Lipinski definition) is 1. The summed E-state index contributed by atoms with van der Waals surface area (Å²) in [7, 11) is 0. The van der Waals surface area contributed by atoms with Crippen LogP contribution in [0.3, 0.4) is 0 Å². The van der Waals surface area contributed by atoms with E-state index >= 15 is 0 Å². The van der Waals surface area contributed by atoms with Crippen LogP contribution in [0.25, 0.3) is 0 Å². The number of nitrogens with one attached hydrogen (secondary N) is 1. The molecule has 1 nitrogen and oxygen atoms in total. The Hall–Kier alpha value is -0.600. The smallest absolute Gasteiger partial charge is 0.141 e. The zero-order valence-electron chi connectivity index (χ0n) is 7.19. The van der Waals surface area contributed by atoms with Gasteiger partial charge in [0.05, 0.1) is 5.02 Å². The van der Waals surface area contributed by atoms with Gasteiger partial charge in [0, 0.05) is 6.04 Å². The Morgan fingerprint density at radius 1 is 1.54 bits per heavy atom. The van der Waals surface area contributed by atoms with Crippen molar-refractivity contribution in [3.05, 3.63) is 34.6 Å². The van der Waals surface area contributed by atoms with E-state index in [9.17, 15) is 4.39 Å². The van der Waals surface area contributed by atoms with Gasteiger partial charge in [-0.3, -0.25) is 0 Å². The molecule has 0 aliphatic carbocycles. The van der Waals surface area contributed by atoms with Gasteiger partial charge in [-0.1, -0.05) is 17.7 Å². The molecule has 70 valence electrons. The van der Waals surface area contributed by atoms with Crippen LogP contribution < -0.4 is 5.32 Å². The second-order valence-corrected chi connectivity index (χ2v) is 3.80. The molecule has 1 N–H and O–H groups in total. The predicted molar refractivity (Wildman–Crippen MR) is 51.5 cm³/mol. The molecule has 1 fully saturated rings. The Morgan fingerprint density at radius 2 is 2.31 bits per heavy atom. The Balaban J connectivity index is 2.07. The van der Waals surface area contributed by atoms with Gasteiger partial charge in [0.1, 0.15) is 5.82 Å². The molecule has 0 bridgehead atoms. The maximum Gasteiger partial charge on any atom is 0.141 e. The molecule has 1 aromatic carbocycles. The zero-order valence-corrected chi connectivity index (χ0v) is 7.94. The van der Waals surface area contributed by atoms with Crippen LogP contribution in [0.4, 0.5) is 4.39 Å². The van der Waals surface area contributed by atoms with Crippen LogP contribution in [0, 0.1) is 5.82 Å². The molecule has 1 atom stereocenters. The van der Waals surface area contributed by atoms with E-state index in [-0.39, 0.29) is 10.8 Å². The summed E-state index contributed by atoms with van der Waals surface area (Å²) in [6.07, 6.45) is 2.15. The van der Waals surface area contributed by atoms with Gasteiger partial charge in [-0.05, 0) is 37.1 Å². The summed E-state index contributed by atoms with van der Waals surface area (Å²) in [5.41, 5.74) is 1.10. The molecule has 1 heterocycles. The van der Waals surface area contributed by atoms with E-state index in [1.807, 2.05) is 0 Å². The third-order valence-corrected chi connectivity index (χ3v) is 2.68. The number of hydrogen-bond donors (Lipinski definition) is 1. The minimum absolute atomic E-state index is 0.219. The monoisotopic (exact) mass is 199 g/mol. The maximum atomic E-state index is 12.8. The molecular formula is C10H11ClFN. The molecule has 0 amide bonds. The average molecular weight is 200 g/mol. The van der Waals surface area contributed by atoms with E-state index < -0.39 is 0 Å². The first-order valence-corrected chi connectivity index (χ1v) is 4.81. The Labute approximate surface area is 81.9 Å². The fraction of sp³-hybridized carbons (Fsp3) is 0.400. The standard InChI is InChI=1S/C10H11ClFN/c11-9-6-7(1-2-10(9)12)5-8-3-4-13-8/h1-2,6,8,13H,3-5H2. The van der Waals surface area contributed by atoms with Crippen LogP contribution in [-0.2, 0) is 6.42 Å². The van der Waals surface area contributed by atoms with E-state index in [0.29, 0.717) is 6.04 Å². The van der Waals surface area contributed by atoms with Crippen molar-refractivity contribution >= 4 is 11.6 Å². The molecule has 0 saturated carbocycles. The van der Waals surface area contributed by atoms with Crippen molar-refractivity contribution < 1.29 is 4.39 Å². The lowest BCUT2D eigenvalue weighted by Gasteiger charge is -2.27. The highest BCUT2D eigenvalue weighted by atomic mass is 35.5. The fourth-order valence-electron chi connectivity index (χ4n) is 1.47. The maximum absolute atomic E-state index is 12.8. The molecule has 1 saturated heterocycles. The molecular weight excluding hydrogens is 189 g/mol. The van der Waals surface area contributed by atoms with Gasteiger partial charge in [0.2, 0.25) is 0 Å². The fourth-order valence-corrected chi connectivity index (χ4v) is 1.68. The molecule has 1 aliphatic heterocycles. The minimum Gasteiger partial charge on any atom is -0.314 e. The van der Waals surface area contributed by atoms with Crippen molar-refractivity contribution in [2.75, 3.05) is 6.54 Å². The number of benzene rings is 1. The van der Waals surface area contributed by atoms with Crippen molar-refractivity contribution in [2.24, 2.45) is 0 Å². The third kappa shape index (κ3) is 2.01. The highest BCUT2D eigenvalue weighted by molar-refractivity contribution is 6.30. The van der Waals surface area contributed by atoms with Crippen molar-refractivity contribution in [3.8, 4) is 0 Å². The normalized spacial score (nSPS) is 21.2. The number of halogens is 2. The lowest BCUT2D eigenvalue weighted by molar-refractivity contribution is 0.369. The molecule has 1 aromatic rings. The summed E-state index contributed by atoms with van der Waals surface area (Å²) < 4.78 is 12.8. The van der Waals surface area contributed by atoms with Gasteiger partial charge in [0.15, 0.2) is 0 Å². The molecule has 1 aliphatic rings.